The molecular weight excluding hydrogens is 168 g/mol. The Labute approximate surface area is 78.7 Å². The molecule has 1 rings (SSSR count). The van der Waals surface area contributed by atoms with Gasteiger partial charge in [0.15, 0.2) is 0 Å². The van der Waals surface area contributed by atoms with Crippen molar-refractivity contribution in [1.82, 2.24) is 4.90 Å². The number of likely N-dealkylation sites (tertiary alicyclic amines) is 1. The first kappa shape index (κ1) is 10.3. The second kappa shape index (κ2) is 3.54. The first-order valence-corrected chi connectivity index (χ1v) is 4.76. The summed E-state index contributed by atoms with van der Waals surface area (Å²) in [6.07, 6.45) is 1.56. The van der Waals surface area contributed by atoms with Crippen molar-refractivity contribution in [3.63, 3.8) is 0 Å². The minimum atomic E-state index is -0.718. The van der Waals surface area contributed by atoms with Gasteiger partial charge < -0.3 is 15.7 Å². The number of hydrogen-bond donors (Lipinski definition) is 2. The predicted molar refractivity (Wildman–Crippen MR) is 50.2 cm³/mol. The SMILES string of the molecule is CCC(C)C1(O)CCN(C(N)=O)C1. The van der Waals surface area contributed by atoms with E-state index in [0.717, 1.165) is 6.42 Å². The molecule has 0 spiro atoms. The molecule has 13 heavy (non-hydrogen) atoms. The molecule has 2 atom stereocenters. The smallest absolute Gasteiger partial charge is 0.314 e. The van der Waals surface area contributed by atoms with Crippen LogP contribution >= 0.6 is 0 Å². The summed E-state index contributed by atoms with van der Waals surface area (Å²) >= 11 is 0. The molecule has 0 aromatic heterocycles. The van der Waals surface area contributed by atoms with Crippen molar-refractivity contribution in [3.05, 3.63) is 0 Å². The number of nitrogens with two attached hydrogens (primary N) is 1. The van der Waals surface area contributed by atoms with E-state index in [0.29, 0.717) is 19.5 Å². The van der Waals surface area contributed by atoms with Crippen LogP contribution in [0.4, 0.5) is 4.79 Å². The van der Waals surface area contributed by atoms with Gasteiger partial charge in [0.2, 0.25) is 0 Å². The zero-order chi connectivity index (χ0) is 10.1. The van der Waals surface area contributed by atoms with E-state index < -0.39 is 11.6 Å². The molecule has 1 fully saturated rings. The summed E-state index contributed by atoms with van der Waals surface area (Å²) in [6, 6.07) is -0.431. The Morgan fingerprint density at radius 1 is 1.77 bits per heavy atom. The lowest BCUT2D eigenvalue weighted by molar-refractivity contribution is -0.000469. The summed E-state index contributed by atoms with van der Waals surface area (Å²) in [5.74, 6) is 0.219. The predicted octanol–water partition coefficient (Wildman–Crippen LogP) is 0.548. The Morgan fingerprint density at radius 3 is 2.77 bits per heavy atom. The quantitative estimate of drug-likeness (QED) is 0.661. The molecule has 0 bridgehead atoms. The van der Waals surface area contributed by atoms with Crippen LogP contribution in [0, 0.1) is 5.92 Å². The number of primary amides is 1. The first-order valence-electron chi connectivity index (χ1n) is 4.76. The molecular formula is C9H18N2O2. The van der Waals surface area contributed by atoms with Gasteiger partial charge in [-0.05, 0) is 12.3 Å². The van der Waals surface area contributed by atoms with Gasteiger partial charge >= 0.3 is 6.03 Å². The normalized spacial score (nSPS) is 30.5. The highest BCUT2D eigenvalue weighted by Gasteiger charge is 2.40. The van der Waals surface area contributed by atoms with Crippen LogP contribution in [0.2, 0.25) is 0 Å². The van der Waals surface area contributed by atoms with E-state index in [4.69, 9.17) is 5.73 Å². The number of carbonyl (C=O) groups excluding carboxylic acids is 1. The van der Waals surface area contributed by atoms with Crippen LogP contribution in [-0.2, 0) is 0 Å². The number of rotatable bonds is 2. The molecule has 1 saturated heterocycles. The van der Waals surface area contributed by atoms with Gasteiger partial charge in [0.1, 0.15) is 0 Å². The Hall–Kier alpha value is -0.770. The summed E-state index contributed by atoms with van der Waals surface area (Å²) in [6.45, 7) is 5.01. The lowest BCUT2D eigenvalue weighted by Crippen LogP contribution is -2.42. The Balaban J connectivity index is 2.60. The van der Waals surface area contributed by atoms with Crippen molar-refractivity contribution in [2.45, 2.75) is 32.3 Å². The van der Waals surface area contributed by atoms with Crippen LogP contribution in [0.5, 0.6) is 0 Å². The van der Waals surface area contributed by atoms with Gasteiger partial charge in [-0.2, -0.15) is 0 Å². The van der Waals surface area contributed by atoms with Crippen molar-refractivity contribution >= 4 is 6.03 Å². The third kappa shape index (κ3) is 1.94. The molecule has 0 aromatic rings. The maximum absolute atomic E-state index is 10.8. The van der Waals surface area contributed by atoms with Gasteiger partial charge in [-0.1, -0.05) is 20.3 Å². The fraction of sp³-hybridized carbons (Fsp3) is 0.889. The van der Waals surface area contributed by atoms with Gasteiger partial charge in [-0.25, -0.2) is 4.79 Å². The molecule has 76 valence electrons. The van der Waals surface area contributed by atoms with Gasteiger partial charge in [-0.3, -0.25) is 0 Å². The molecule has 1 aliphatic heterocycles. The molecule has 4 heteroatoms. The minimum absolute atomic E-state index is 0.219. The number of urea groups is 1. The van der Waals surface area contributed by atoms with Gasteiger partial charge in [0.05, 0.1) is 12.1 Å². The van der Waals surface area contributed by atoms with Crippen LogP contribution < -0.4 is 5.73 Å². The largest absolute Gasteiger partial charge is 0.388 e. The molecule has 3 N–H and O–H groups in total. The van der Waals surface area contributed by atoms with Gasteiger partial charge in [0.25, 0.3) is 0 Å². The molecule has 2 amide bonds. The summed E-state index contributed by atoms with van der Waals surface area (Å²) in [4.78, 5) is 12.3. The fourth-order valence-electron chi connectivity index (χ4n) is 1.79. The van der Waals surface area contributed by atoms with E-state index in [1.54, 1.807) is 0 Å². The molecule has 4 nitrogen and oxygen atoms in total. The standard InChI is InChI=1S/C9H18N2O2/c1-3-7(2)9(13)4-5-11(6-9)8(10)12/h7,13H,3-6H2,1-2H3,(H2,10,12). The number of β-amino-alcohol motifs (C(OH)–C–C–N with tert-alkyl or cyclic N) is 1. The number of carbonyl (C=O) groups is 1. The van der Waals surface area contributed by atoms with Crippen LogP contribution in [0.3, 0.4) is 0 Å². The van der Waals surface area contributed by atoms with E-state index in [9.17, 15) is 9.90 Å². The highest BCUT2D eigenvalue weighted by Crippen LogP contribution is 2.30. The van der Waals surface area contributed by atoms with Crippen LogP contribution in [0.15, 0.2) is 0 Å². The van der Waals surface area contributed by atoms with E-state index in [-0.39, 0.29) is 5.92 Å². The van der Waals surface area contributed by atoms with Crippen LogP contribution in [0.1, 0.15) is 26.7 Å². The van der Waals surface area contributed by atoms with Crippen molar-refractivity contribution in [3.8, 4) is 0 Å². The summed E-state index contributed by atoms with van der Waals surface area (Å²) in [5.41, 5.74) is 4.42. The monoisotopic (exact) mass is 186 g/mol. The van der Waals surface area contributed by atoms with Crippen LogP contribution in [-0.4, -0.2) is 34.7 Å². The van der Waals surface area contributed by atoms with Crippen molar-refractivity contribution in [1.29, 1.82) is 0 Å². The second-order valence-corrected chi connectivity index (χ2v) is 3.92. The number of amides is 2. The molecule has 1 aliphatic rings. The highest BCUT2D eigenvalue weighted by molar-refractivity contribution is 5.72. The maximum atomic E-state index is 10.8. The van der Waals surface area contributed by atoms with Gasteiger partial charge in [-0.15, -0.1) is 0 Å². The van der Waals surface area contributed by atoms with Gasteiger partial charge in [0, 0.05) is 6.54 Å². The van der Waals surface area contributed by atoms with E-state index in [1.807, 2.05) is 13.8 Å². The summed E-state index contributed by atoms with van der Waals surface area (Å²) in [7, 11) is 0. The van der Waals surface area contributed by atoms with E-state index >= 15 is 0 Å². The summed E-state index contributed by atoms with van der Waals surface area (Å²) < 4.78 is 0. The fourth-order valence-corrected chi connectivity index (χ4v) is 1.79. The minimum Gasteiger partial charge on any atom is -0.388 e. The molecule has 1 heterocycles. The van der Waals surface area contributed by atoms with Crippen molar-refractivity contribution < 1.29 is 9.90 Å². The molecule has 0 saturated carbocycles. The Morgan fingerprint density at radius 2 is 2.38 bits per heavy atom. The Kier molecular flexibility index (Phi) is 2.81. The van der Waals surface area contributed by atoms with E-state index in [2.05, 4.69) is 0 Å². The topological polar surface area (TPSA) is 66.6 Å². The molecule has 0 aromatic carbocycles. The number of aliphatic hydroxyl groups is 1. The average Bonchev–Trinajstić information content (AvgIpc) is 2.48. The lowest BCUT2D eigenvalue weighted by atomic mass is 9.86. The third-order valence-electron chi connectivity index (χ3n) is 3.12. The zero-order valence-corrected chi connectivity index (χ0v) is 8.29. The van der Waals surface area contributed by atoms with Crippen molar-refractivity contribution in [2.75, 3.05) is 13.1 Å². The summed E-state index contributed by atoms with van der Waals surface area (Å²) in [5, 5.41) is 10.1. The number of hydrogen-bond acceptors (Lipinski definition) is 2. The highest BCUT2D eigenvalue weighted by atomic mass is 16.3. The molecule has 0 radical (unpaired) electrons. The van der Waals surface area contributed by atoms with Crippen molar-refractivity contribution in [2.24, 2.45) is 11.7 Å². The zero-order valence-electron chi connectivity index (χ0n) is 8.29. The Bertz CT molecular complexity index is 208. The van der Waals surface area contributed by atoms with E-state index in [1.165, 1.54) is 4.90 Å². The maximum Gasteiger partial charge on any atom is 0.314 e. The number of nitrogens with zero attached hydrogens (tertiary/aromatic N) is 1. The lowest BCUT2D eigenvalue weighted by Gasteiger charge is -2.28. The molecule has 0 aliphatic carbocycles. The first-order chi connectivity index (χ1) is 5.99. The third-order valence-corrected chi connectivity index (χ3v) is 3.12. The molecule has 2 unspecified atom stereocenters. The second-order valence-electron chi connectivity index (χ2n) is 3.92. The average molecular weight is 186 g/mol. The van der Waals surface area contributed by atoms with Crippen LogP contribution in [0.25, 0.3) is 0 Å².